The van der Waals surface area contributed by atoms with Crippen molar-refractivity contribution in [1.82, 2.24) is 0 Å². The minimum absolute atomic E-state index is 0.481. The van der Waals surface area contributed by atoms with Gasteiger partial charge in [-0.1, -0.05) is 12.5 Å². The molecule has 0 saturated carbocycles. The molecule has 0 heterocycles. The van der Waals surface area contributed by atoms with Crippen molar-refractivity contribution in [3.63, 3.8) is 0 Å². The lowest BCUT2D eigenvalue weighted by atomic mass is 10.3. The zero-order valence-corrected chi connectivity index (χ0v) is 3.62. The van der Waals surface area contributed by atoms with Crippen molar-refractivity contribution in [2.24, 2.45) is 0 Å². The molecule has 0 amide bonds. The van der Waals surface area contributed by atoms with E-state index in [0.717, 1.165) is 12.0 Å². The second kappa shape index (κ2) is 2.01. The number of hydrogen-bond acceptors (Lipinski definition) is 0. The van der Waals surface area contributed by atoms with Crippen molar-refractivity contribution in [3.05, 3.63) is 12.2 Å². The summed E-state index contributed by atoms with van der Waals surface area (Å²) in [5, 5.41) is 0. The van der Waals surface area contributed by atoms with Gasteiger partial charge in [-0.25, -0.2) is 0 Å². The molecule has 0 spiro atoms. The molecule has 0 atom stereocenters. The van der Waals surface area contributed by atoms with Crippen LogP contribution in [0.5, 0.6) is 0 Å². The summed E-state index contributed by atoms with van der Waals surface area (Å²) >= 11 is 0. The third-order valence-electron chi connectivity index (χ3n) is 0.427. The molecular formula is C5H10. The third kappa shape index (κ3) is 3.74. The van der Waals surface area contributed by atoms with Gasteiger partial charge in [0.25, 0.3) is 0 Å². The summed E-state index contributed by atoms with van der Waals surface area (Å²) in [7, 11) is 0. The van der Waals surface area contributed by atoms with Crippen LogP contribution in [0.2, 0.25) is 0 Å². The highest BCUT2D eigenvalue weighted by Crippen LogP contribution is 1.88. The molecule has 0 bridgehead atoms. The Hall–Kier alpha value is -0.260. The molecule has 0 heteroatoms. The average molecular weight is 71.1 g/mol. The monoisotopic (exact) mass is 71.1 g/mol. The van der Waals surface area contributed by atoms with E-state index >= 15 is 0 Å². The van der Waals surface area contributed by atoms with E-state index in [9.17, 15) is 0 Å². The Bertz CT molecular complexity index is 47.9. The molecule has 0 saturated heterocycles. The summed E-state index contributed by atoms with van der Waals surface area (Å²) in [5.74, 6) is 0. The molecule has 0 aliphatic carbocycles. The highest BCUT2D eigenvalue weighted by molar-refractivity contribution is 4.84. The molecule has 30 valence electrons. The van der Waals surface area contributed by atoms with Gasteiger partial charge in [0.1, 0.15) is 0 Å². The van der Waals surface area contributed by atoms with E-state index in [4.69, 9.17) is 1.37 Å². The lowest BCUT2D eigenvalue weighted by molar-refractivity contribution is 1.11. The molecule has 5 heavy (non-hydrogen) atoms. The largest absolute Gasteiger partial charge is 0.100 e. The molecule has 0 aliphatic heterocycles. The van der Waals surface area contributed by atoms with Crippen molar-refractivity contribution in [1.29, 1.82) is 0 Å². The standard InChI is InChI=1S/C5H10/c1-4-5(2)3/h2,4H2,1,3H3/i1D. The molecule has 0 unspecified atom stereocenters. The molecule has 0 aliphatic rings. The first-order chi connectivity index (χ1) is 2.77. The molecule has 0 aromatic rings. The summed E-state index contributed by atoms with van der Waals surface area (Å²) in [6, 6.07) is 0. The van der Waals surface area contributed by atoms with Gasteiger partial charge < -0.3 is 0 Å². The van der Waals surface area contributed by atoms with E-state index in [1.807, 2.05) is 6.92 Å². The minimum Gasteiger partial charge on any atom is -0.100 e. The zero-order valence-electron chi connectivity index (χ0n) is 4.62. The Kier molecular flexibility index (Phi) is 1.18. The normalized spacial score (nSPS) is 10.2. The van der Waals surface area contributed by atoms with Gasteiger partial charge >= 0.3 is 0 Å². The fourth-order valence-electron chi connectivity index (χ4n) is 0. The van der Waals surface area contributed by atoms with Gasteiger partial charge in [-0.3, -0.25) is 0 Å². The number of rotatable bonds is 1. The van der Waals surface area contributed by atoms with Crippen LogP contribution < -0.4 is 0 Å². The van der Waals surface area contributed by atoms with Crippen LogP contribution >= 0.6 is 0 Å². The van der Waals surface area contributed by atoms with Crippen LogP contribution in [0.15, 0.2) is 12.2 Å². The summed E-state index contributed by atoms with van der Waals surface area (Å²) < 4.78 is 6.67. The van der Waals surface area contributed by atoms with Gasteiger partial charge in [-0.15, -0.1) is 6.58 Å². The topological polar surface area (TPSA) is 0 Å². The van der Waals surface area contributed by atoms with Crippen LogP contribution in [0, 0.1) is 0 Å². The van der Waals surface area contributed by atoms with E-state index in [-0.39, 0.29) is 0 Å². The maximum Gasteiger partial charge on any atom is 0.0234 e. The first-order valence-electron chi connectivity index (χ1n) is 2.41. The Morgan fingerprint density at radius 1 is 2.20 bits per heavy atom. The average Bonchev–Trinajstić information content (AvgIpc) is 1.35. The smallest absolute Gasteiger partial charge is 0.0234 e. The quantitative estimate of drug-likeness (QED) is 0.414. The SMILES string of the molecule is [2H]CCC(=C)C. The Labute approximate surface area is 34.9 Å². The lowest BCUT2D eigenvalue weighted by Gasteiger charge is -1.79. The second-order valence-electron chi connectivity index (χ2n) is 1.21. The lowest BCUT2D eigenvalue weighted by Crippen LogP contribution is -1.58. The summed E-state index contributed by atoms with van der Waals surface area (Å²) in [6.07, 6.45) is 0.847. The summed E-state index contributed by atoms with van der Waals surface area (Å²) in [6.45, 7) is 6.05. The van der Waals surface area contributed by atoms with Gasteiger partial charge in [-0.2, -0.15) is 0 Å². The van der Waals surface area contributed by atoms with Gasteiger partial charge in [0.2, 0.25) is 0 Å². The molecular weight excluding hydrogens is 60.1 g/mol. The van der Waals surface area contributed by atoms with Crippen LogP contribution in [-0.2, 0) is 0 Å². The fraction of sp³-hybridized carbons (Fsp3) is 0.600. The van der Waals surface area contributed by atoms with Crippen molar-refractivity contribution >= 4 is 0 Å². The second-order valence-corrected chi connectivity index (χ2v) is 1.21. The zero-order chi connectivity index (χ0) is 4.99. The van der Waals surface area contributed by atoms with Crippen LogP contribution in [0.4, 0.5) is 0 Å². The molecule has 0 rings (SSSR count). The van der Waals surface area contributed by atoms with E-state index in [2.05, 4.69) is 6.58 Å². The van der Waals surface area contributed by atoms with Crippen molar-refractivity contribution in [3.8, 4) is 0 Å². The first kappa shape index (κ1) is 2.95. The van der Waals surface area contributed by atoms with E-state index in [0.29, 0.717) is 6.90 Å². The Balaban J connectivity index is 2.83. The molecule has 0 aromatic heterocycles. The van der Waals surface area contributed by atoms with Gasteiger partial charge in [0.05, 0.1) is 0 Å². The fourth-order valence-corrected chi connectivity index (χ4v) is 0. The molecule has 0 nitrogen and oxygen atoms in total. The van der Waals surface area contributed by atoms with Crippen LogP contribution in [0.25, 0.3) is 0 Å². The van der Waals surface area contributed by atoms with E-state index in [1.54, 1.807) is 0 Å². The molecule has 0 radical (unpaired) electrons. The maximum absolute atomic E-state index is 6.67. The van der Waals surface area contributed by atoms with Crippen molar-refractivity contribution in [2.45, 2.75) is 20.2 Å². The minimum atomic E-state index is 0.481. The van der Waals surface area contributed by atoms with Crippen LogP contribution in [0.3, 0.4) is 0 Å². The van der Waals surface area contributed by atoms with Crippen LogP contribution in [-0.4, -0.2) is 0 Å². The first-order valence-corrected chi connectivity index (χ1v) is 1.71. The number of hydrogen-bond donors (Lipinski definition) is 0. The van der Waals surface area contributed by atoms with Gasteiger partial charge in [-0.05, 0) is 13.3 Å². The Morgan fingerprint density at radius 3 is 2.80 bits per heavy atom. The predicted molar refractivity (Wildman–Crippen MR) is 25.1 cm³/mol. The molecule has 0 fully saturated rings. The van der Waals surface area contributed by atoms with Gasteiger partial charge in [0, 0.05) is 1.37 Å². The summed E-state index contributed by atoms with van der Waals surface area (Å²) in [4.78, 5) is 0. The highest BCUT2D eigenvalue weighted by atomic mass is 13.7. The van der Waals surface area contributed by atoms with Crippen LogP contribution in [0.1, 0.15) is 21.6 Å². The number of allylic oxidation sites excluding steroid dienone is 1. The van der Waals surface area contributed by atoms with E-state index < -0.39 is 0 Å². The third-order valence-corrected chi connectivity index (χ3v) is 0.427. The van der Waals surface area contributed by atoms with Crippen molar-refractivity contribution < 1.29 is 1.37 Å². The summed E-state index contributed by atoms with van der Waals surface area (Å²) in [5.41, 5.74) is 1.10. The van der Waals surface area contributed by atoms with Gasteiger partial charge in [0.15, 0.2) is 0 Å². The molecule has 0 N–H and O–H groups in total. The predicted octanol–water partition coefficient (Wildman–Crippen LogP) is 1.97. The maximum atomic E-state index is 6.67. The highest BCUT2D eigenvalue weighted by Gasteiger charge is 1.67. The van der Waals surface area contributed by atoms with Crippen molar-refractivity contribution in [2.75, 3.05) is 0 Å². The Morgan fingerprint density at radius 2 is 2.80 bits per heavy atom. The van der Waals surface area contributed by atoms with E-state index in [1.165, 1.54) is 0 Å². The molecule has 0 aromatic carbocycles.